The van der Waals surface area contributed by atoms with Gasteiger partial charge >= 0.3 is 5.97 Å². The summed E-state index contributed by atoms with van der Waals surface area (Å²) in [5.74, 6) is -2.23. The van der Waals surface area contributed by atoms with E-state index in [1.807, 2.05) is 6.07 Å². The van der Waals surface area contributed by atoms with Crippen molar-refractivity contribution in [1.29, 1.82) is 0 Å². The Morgan fingerprint density at radius 2 is 1.59 bits per heavy atom. The molecule has 146 valence electrons. The Bertz CT molecular complexity index is 1010. The van der Waals surface area contributed by atoms with Crippen molar-refractivity contribution in [3.8, 4) is 0 Å². The van der Waals surface area contributed by atoms with E-state index in [0.717, 1.165) is 4.90 Å². The number of rotatable bonds is 6. The largest absolute Gasteiger partial charge is 0.470 e. The monoisotopic (exact) mass is 392 g/mol. The van der Waals surface area contributed by atoms with E-state index in [4.69, 9.17) is 9.47 Å². The number of ketones is 1. The maximum absolute atomic E-state index is 12.4. The molecule has 2 aromatic carbocycles. The van der Waals surface area contributed by atoms with Crippen LogP contribution in [0, 0.1) is 0 Å². The number of carbonyl (C=O) groups is 4. The number of imide groups is 1. The van der Waals surface area contributed by atoms with Crippen molar-refractivity contribution < 1.29 is 28.7 Å². The van der Waals surface area contributed by atoms with Crippen LogP contribution in [0.1, 0.15) is 20.7 Å². The van der Waals surface area contributed by atoms with Gasteiger partial charge in [0.2, 0.25) is 11.7 Å². The van der Waals surface area contributed by atoms with E-state index < -0.39 is 23.6 Å². The summed E-state index contributed by atoms with van der Waals surface area (Å²) < 4.78 is 10.4. The van der Waals surface area contributed by atoms with Gasteiger partial charge in [-0.1, -0.05) is 30.3 Å². The van der Waals surface area contributed by atoms with E-state index in [0.29, 0.717) is 16.8 Å². The average molecular weight is 392 g/mol. The van der Waals surface area contributed by atoms with Gasteiger partial charge in [0.15, 0.2) is 12.2 Å². The van der Waals surface area contributed by atoms with Gasteiger partial charge in [-0.15, -0.1) is 0 Å². The van der Waals surface area contributed by atoms with Gasteiger partial charge < -0.3 is 14.8 Å². The minimum atomic E-state index is -0.873. The number of esters is 1. The summed E-state index contributed by atoms with van der Waals surface area (Å²) in [6.45, 7) is -0.612. The zero-order chi connectivity index (χ0) is 20.4. The number of ether oxygens (including phenoxy) is 2. The lowest BCUT2D eigenvalue weighted by molar-refractivity contribution is -0.140. The topological polar surface area (TPSA) is 102 Å². The van der Waals surface area contributed by atoms with Crippen LogP contribution >= 0.6 is 0 Å². The Labute approximate surface area is 165 Å². The van der Waals surface area contributed by atoms with Gasteiger partial charge in [-0.2, -0.15) is 0 Å². The number of para-hydroxylation sites is 1. The van der Waals surface area contributed by atoms with Gasteiger partial charge in [-0.05, 0) is 24.3 Å². The summed E-state index contributed by atoms with van der Waals surface area (Å²) in [5.41, 5.74) is 1.06. The van der Waals surface area contributed by atoms with Gasteiger partial charge in [0.25, 0.3) is 11.8 Å². The molecule has 1 N–H and O–H groups in total. The average Bonchev–Trinajstić information content (AvgIpc) is 3.21. The molecule has 2 heterocycles. The minimum absolute atomic E-state index is 0.0203. The van der Waals surface area contributed by atoms with Crippen molar-refractivity contribution in [2.24, 2.45) is 0 Å². The molecule has 8 nitrogen and oxygen atoms in total. The standard InChI is InChI=1S/C21H16N2O6/c24-16-12-29-18(22-13-6-2-1-3-7-13)17(16)21(27)28-11-10-23-19(25)14-8-4-5-9-15(14)20(23)26/h1-9,22H,10-12H2. The highest BCUT2D eigenvalue weighted by Gasteiger charge is 2.36. The second kappa shape index (κ2) is 7.59. The van der Waals surface area contributed by atoms with Crippen molar-refractivity contribution in [3.05, 3.63) is 77.2 Å². The van der Waals surface area contributed by atoms with Crippen LogP contribution in [0.25, 0.3) is 0 Å². The fraction of sp³-hybridized carbons (Fsp3) is 0.143. The number of nitrogens with one attached hydrogen (secondary N) is 1. The number of fused-ring (bicyclic) bond motifs is 1. The normalized spacial score (nSPS) is 15.4. The van der Waals surface area contributed by atoms with E-state index in [1.54, 1.807) is 48.5 Å². The van der Waals surface area contributed by atoms with E-state index in [9.17, 15) is 19.2 Å². The van der Waals surface area contributed by atoms with Crippen molar-refractivity contribution in [2.45, 2.75) is 0 Å². The van der Waals surface area contributed by atoms with Gasteiger partial charge in [0.1, 0.15) is 6.61 Å². The van der Waals surface area contributed by atoms with Crippen molar-refractivity contribution in [1.82, 2.24) is 4.90 Å². The SMILES string of the molecule is O=C1COC(Nc2ccccc2)=C1C(=O)OCCN1C(=O)c2ccccc2C1=O. The van der Waals surface area contributed by atoms with Crippen LogP contribution in [0.4, 0.5) is 5.69 Å². The quantitative estimate of drug-likeness (QED) is 0.454. The Morgan fingerprint density at radius 1 is 0.966 bits per heavy atom. The molecule has 0 fully saturated rings. The second-order valence-electron chi connectivity index (χ2n) is 6.35. The highest BCUT2D eigenvalue weighted by molar-refractivity contribution is 6.21. The van der Waals surface area contributed by atoms with Crippen LogP contribution in [0.3, 0.4) is 0 Å². The second-order valence-corrected chi connectivity index (χ2v) is 6.35. The first-order valence-electron chi connectivity index (χ1n) is 8.91. The number of Topliss-reactive ketones (excluding diaryl/α,β-unsaturated/α-hetero) is 1. The summed E-state index contributed by atoms with van der Waals surface area (Å²) >= 11 is 0. The number of anilines is 1. The van der Waals surface area contributed by atoms with Crippen LogP contribution < -0.4 is 5.32 Å². The van der Waals surface area contributed by atoms with Crippen molar-refractivity contribution >= 4 is 29.3 Å². The van der Waals surface area contributed by atoms with Crippen LogP contribution in [0.5, 0.6) is 0 Å². The molecule has 0 unspecified atom stereocenters. The fourth-order valence-corrected chi connectivity index (χ4v) is 3.11. The summed E-state index contributed by atoms with van der Waals surface area (Å²) in [6, 6.07) is 15.4. The molecule has 0 aromatic heterocycles. The number of nitrogens with zero attached hydrogens (tertiary/aromatic N) is 1. The third-order valence-electron chi connectivity index (χ3n) is 4.52. The first kappa shape index (κ1) is 18.4. The molecule has 0 bridgehead atoms. The molecule has 0 saturated carbocycles. The molecule has 0 radical (unpaired) electrons. The Kier molecular flexibility index (Phi) is 4.82. The molecule has 2 aliphatic rings. The Morgan fingerprint density at radius 3 is 2.24 bits per heavy atom. The molecule has 4 rings (SSSR count). The molecular formula is C21H16N2O6. The third-order valence-corrected chi connectivity index (χ3v) is 4.52. The number of amides is 2. The molecule has 8 heteroatoms. The summed E-state index contributed by atoms with van der Waals surface area (Å²) in [4.78, 5) is 50.1. The molecule has 0 saturated heterocycles. The minimum Gasteiger partial charge on any atom is -0.470 e. The lowest BCUT2D eigenvalue weighted by Gasteiger charge is -2.14. The third kappa shape index (κ3) is 3.47. The van der Waals surface area contributed by atoms with Gasteiger partial charge in [0.05, 0.1) is 17.7 Å². The molecule has 0 spiro atoms. The maximum Gasteiger partial charge on any atom is 0.347 e. The summed E-state index contributed by atoms with van der Waals surface area (Å²) in [7, 11) is 0. The molecule has 2 aromatic rings. The molecule has 29 heavy (non-hydrogen) atoms. The number of hydrogen-bond donors (Lipinski definition) is 1. The number of benzene rings is 2. The van der Waals surface area contributed by atoms with Crippen LogP contribution in [0.2, 0.25) is 0 Å². The van der Waals surface area contributed by atoms with Crippen LogP contribution in [0.15, 0.2) is 66.1 Å². The van der Waals surface area contributed by atoms with E-state index in [2.05, 4.69) is 5.32 Å². The zero-order valence-electron chi connectivity index (χ0n) is 15.2. The number of hydrogen-bond acceptors (Lipinski definition) is 7. The molecule has 0 aliphatic carbocycles. The fourth-order valence-electron chi connectivity index (χ4n) is 3.11. The van der Waals surface area contributed by atoms with Gasteiger partial charge in [-0.3, -0.25) is 19.3 Å². The molecule has 2 aliphatic heterocycles. The predicted molar refractivity (Wildman–Crippen MR) is 101 cm³/mol. The molecule has 0 atom stereocenters. The van der Waals surface area contributed by atoms with Crippen LogP contribution in [-0.4, -0.2) is 48.2 Å². The first-order chi connectivity index (χ1) is 14.1. The highest BCUT2D eigenvalue weighted by Crippen LogP contribution is 2.23. The summed E-state index contributed by atoms with van der Waals surface area (Å²) in [6.07, 6.45) is 0. The van der Waals surface area contributed by atoms with Crippen LogP contribution in [-0.2, 0) is 19.1 Å². The number of carbonyl (C=O) groups excluding carboxylic acids is 4. The van der Waals surface area contributed by atoms with E-state index in [-0.39, 0.29) is 31.2 Å². The Hall–Kier alpha value is -3.94. The zero-order valence-corrected chi connectivity index (χ0v) is 15.2. The first-order valence-corrected chi connectivity index (χ1v) is 8.91. The van der Waals surface area contributed by atoms with Crippen molar-refractivity contribution in [2.75, 3.05) is 25.1 Å². The lowest BCUT2D eigenvalue weighted by atomic mass is 10.1. The lowest BCUT2D eigenvalue weighted by Crippen LogP contribution is -2.33. The van der Waals surface area contributed by atoms with Crippen molar-refractivity contribution in [3.63, 3.8) is 0 Å². The molecule has 2 amide bonds. The highest BCUT2D eigenvalue weighted by atomic mass is 16.5. The molecular weight excluding hydrogens is 376 g/mol. The Balaban J connectivity index is 1.40. The van der Waals surface area contributed by atoms with Gasteiger partial charge in [0, 0.05) is 5.69 Å². The smallest absolute Gasteiger partial charge is 0.347 e. The summed E-state index contributed by atoms with van der Waals surface area (Å²) in [5, 5.41) is 2.88. The maximum atomic E-state index is 12.4. The van der Waals surface area contributed by atoms with Gasteiger partial charge in [-0.25, -0.2) is 4.79 Å². The predicted octanol–water partition coefficient (Wildman–Crippen LogP) is 1.75. The van der Waals surface area contributed by atoms with E-state index >= 15 is 0 Å². The van der Waals surface area contributed by atoms with E-state index in [1.165, 1.54) is 0 Å².